The Labute approximate surface area is 781 Å². The fourth-order valence-corrected chi connectivity index (χ4v) is 20.4. The van der Waals surface area contributed by atoms with E-state index in [1.165, 1.54) is 53.0 Å². The molecule has 4 unspecified atom stereocenters. The van der Waals surface area contributed by atoms with Gasteiger partial charge in [0.05, 0.1) is 53.7 Å². The van der Waals surface area contributed by atoms with Crippen molar-refractivity contribution in [1.29, 1.82) is 0 Å². The van der Waals surface area contributed by atoms with E-state index in [-0.39, 0.29) is 70.1 Å². The van der Waals surface area contributed by atoms with Crippen LogP contribution in [0.2, 0.25) is 0 Å². The Morgan fingerprint density at radius 2 is 0.694 bits per heavy atom. The molecule has 134 heavy (non-hydrogen) atoms. The number of aryl methyl sites for hydroxylation is 8. The molecule has 8 aromatic carbocycles. The summed E-state index contributed by atoms with van der Waals surface area (Å²) in [5, 5.41) is 12.2. The predicted octanol–water partition coefficient (Wildman–Crippen LogP) is 26.8. The zero-order valence-corrected chi connectivity index (χ0v) is 78.9. The molecule has 4 aliphatic carbocycles. The van der Waals surface area contributed by atoms with Crippen LogP contribution in [-0.2, 0) is 28.7 Å². The highest BCUT2D eigenvalue weighted by Gasteiger charge is 2.32. The van der Waals surface area contributed by atoms with Crippen molar-refractivity contribution in [2.75, 3.05) is 39.5 Å². The highest BCUT2D eigenvalue weighted by atomic mass is 19.1. The molecule has 0 saturated carbocycles. The first-order valence-corrected chi connectivity index (χ1v) is 47.1. The van der Waals surface area contributed by atoms with E-state index >= 15 is 0 Å². The van der Waals surface area contributed by atoms with E-state index in [0.717, 1.165) is 183 Å². The number of morpholine rings is 1. The average molecular weight is 1810 g/mol. The average Bonchev–Trinajstić information content (AvgIpc) is 0.760. The van der Waals surface area contributed by atoms with Crippen LogP contribution < -0.4 is 0 Å². The van der Waals surface area contributed by atoms with Gasteiger partial charge in [-0.2, -0.15) is 5.26 Å². The molecule has 0 radical (unpaired) electrons. The van der Waals surface area contributed by atoms with Gasteiger partial charge in [-0.3, -0.25) is 28.9 Å². The molecule has 4 aromatic heterocycles. The number of benzene rings is 8. The third-order valence-corrected chi connectivity index (χ3v) is 27.2. The summed E-state index contributed by atoms with van der Waals surface area (Å²) in [5.74, 6) is -2.02. The summed E-state index contributed by atoms with van der Waals surface area (Å²) in [7, 11) is 0. The van der Waals surface area contributed by atoms with Gasteiger partial charge in [-0.15, -0.1) is 0 Å². The molecule has 1 aliphatic heterocycles. The minimum Gasteiger partial charge on any atom is -0.466 e. The van der Waals surface area contributed by atoms with Gasteiger partial charge in [0.15, 0.2) is 23.1 Å². The van der Waals surface area contributed by atoms with E-state index in [1.807, 2.05) is 85.7 Å². The van der Waals surface area contributed by atoms with E-state index in [4.69, 9.17) is 19.7 Å². The quantitative estimate of drug-likeness (QED) is 0.0166. The van der Waals surface area contributed by atoms with E-state index in [0.29, 0.717) is 142 Å². The van der Waals surface area contributed by atoms with Crippen molar-refractivity contribution in [3.63, 3.8) is 0 Å². The van der Waals surface area contributed by atoms with Crippen molar-refractivity contribution >= 4 is 107 Å². The third kappa shape index (κ3) is 20.9. The van der Waals surface area contributed by atoms with Crippen molar-refractivity contribution < 1.29 is 70.7 Å². The van der Waals surface area contributed by atoms with Crippen LogP contribution in [0.25, 0.3) is 110 Å². The SMILES string of the molecule is CCC(=O)c1cc(-c2ccccc2F)c2c(C)c(C3=CCC(C(=O)OO)CC3)c(C)cc2n1.CCC(=O)c1cc(-c2ccccc2F)c2c(C)c(C3=CCC(C=O)CC3)c(C)cc2n1.CCC(=O)c1cc(-c2ccccc2F)c2c(C)c(C3=CCC(CN4CCOCC4)CC3)c(C)cc2n1.CCOC(=O)C1CC=C(c2c(C)cc3nc(C(=O)CC)cc(-c4ccccc4F)c3c2C)CC1. The number of aromatic nitrogens is 4. The molecule has 20 heteroatoms. The second kappa shape index (κ2) is 43.5. The second-order valence-electron chi connectivity index (χ2n) is 35.8. The molecule has 1 saturated heterocycles. The number of ether oxygens (including phenoxy) is 2. The van der Waals surface area contributed by atoms with Gasteiger partial charge in [0.2, 0.25) is 0 Å². The summed E-state index contributed by atoms with van der Waals surface area (Å²) in [6.07, 6.45) is 20.7. The molecule has 16 nitrogen and oxygen atoms in total. The van der Waals surface area contributed by atoms with Gasteiger partial charge < -0.3 is 19.2 Å². The molecule has 17 rings (SSSR count). The van der Waals surface area contributed by atoms with Crippen molar-refractivity contribution in [2.45, 2.75) is 193 Å². The Balaban J connectivity index is 0.000000144. The second-order valence-corrected chi connectivity index (χ2v) is 35.8. The first-order valence-electron chi connectivity index (χ1n) is 47.1. The van der Waals surface area contributed by atoms with Crippen LogP contribution >= 0.6 is 0 Å². The fraction of sp³-hybridized carbons (Fsp3) is 0.342. The number of fused-ring (bicyclic) bond motifs is 4. The van der Waals surface area contributed by atoms with Gasteiger partial charge in [0, 0.05) is 95.0 Å². The maximum absolute atomic E-state index is 15.0. The molecule has 0 spiro atoms. The summed E-state index contributed by atoms with van der Waals surface area (Å²) in [4.78, 5) is 110. The number of nitrogens with zero attached hydrogens (tertiary/aromatic N) is 5. The van der Waals surface area contributed by atoms with Crippen LogP contribution in [0.5, 0.6) is 0 Å². The number of allylic oxidation sites excluding steroid dienone is 8. The lowest BCUT2D eigenvalue weighted by molar-refractivity contribution is -0.239. The molecule has 4 atom stereocenters. The number of aldehydes is 1. The van der Waals surface area contributed by atoms with Crippen LogP contribution in [0.1, 0.15) is 246 Å². The van der Waals surface area contributed by atoms with Crippen LogP contribution in [0.15, 0.2) is 170 Å². The van der Waals surface area contributed by atoms with Crippen molar-refractivity contribution in [2.24, 2.45) is 23.7 Å². The van der Waals surface area contributed by atoms with E-state index in [1.54, 1.807) is 112 Å². The Morgan fingerprint density at radius 3 is 0.955 bits per heavy atom. The minimum atomic E-state index is -0.614. The zero-order chi connectivity index (χ0) is 95.5. The molecule has 0 bridgehead atoms. The number of hydrogen-bond donors (Lipinski definition) is 1. The van der Waals surface area contributed by atoms with Crippen molar-refractivity contribution in [3.8, 4) is 44.5 Å². The van der Waals surface area contributed by atoms with Crippen LogP contribution in [-0.4, -0.2) is 111 Å². The van der Waals surface area contributed by atoms with E-state index in [9.17, 15) is 51.1 Å². The van der Waals surface area contributed by atoms with E-state index < -0.39 is 5.97 Å². The number of carbonyl (C=O) groups excluding carboxylic acids is 7. The maximum atomic E-state index is 15.0. The van der Waals surface area contributed by atoms with Crippen LogP contribution in [0.3, 0.4) is 0 Å². The third-order valence-electron chi connectivity index (χ3n) is 27.2. The van der Waals surface area contributed by atoms with Crippen LogP contribution in [0, 0.1) is 102 Å². The summed E-state index contributed by atoms with van der Waals surface area (Å²) < 4.78 is 70.3. The topological polar surface area (TPSA) is 222 Å². The number of esters is 1. The number of rotatable bonds is 22. The van der Waals surface area contributed by atoms with Gasteiger partial charge in [-0.05, 0) is 329 Å². The van der Waals surface area contributed by atoms with E-state index in [2.05, 4.69) is 62.9 Å². The Kier molecular flexibility index (Phi) is 31.6. The smallest absolute Gasteiger partial charge is 0.345 e. The monoisotopic (exact) mass is 1810 g/mol. The number of Topliss-reactive ketones (excluding diaryl/α,β-unsaturated/α-hetero) is 4. The lowest BCUT2D eigenvalue weighted by atomic mass is 9.81. The maximum Gasteiger partial charge on any atom is 0.345 e. The molecule has 12 aromatic rings. The van der Waals surface area contributed by atoms with Gasteiger partial charge in [0.1, 0.15) is 52.3 Å². The Bertz CT molecular complexity index is 6760. The molecule has 5 aliphatic rings. The highest BCUT2D eigenvalue weighted by Crippen LogP contribution is 2.47. The Hall–Kier alpha value is -12.8. The normalized spacial score (nSPS) is 16.8. The first kappa shape index (κ1) is 97.3. The van der Waals surface area contributed by atoms with Crippen LogP contribution in [0.4, 0.5) is 17.6 Å². The standard InChI is InChI=1S/C31H35FN2O2.C29H30FNO3.C27H26FNO4.C27H26FNO2/c1-4-29(35)27-18-25(24-7-5-6-8-26(24)32)31-21(3)30(20(2)17-28(31)33-27)23-11-9-22(10-12-23)19-34-13-15-36-16-14-34;1-5-26(32)24-16-22(21-9-7-8-10-23(21)30)28-18(4)27(17(3)15-25(28)31-24)19-11-13-20(14-12-19)29(33)34-6-2;1-4-24(30)22-14-20(19-7-5-6-8-21(19)28)26-16(3)25(15(2)13-23(26)29-22)17-9-11-18(12-10-17)27(31)33-32;1-4-25(31)23-14-21(20-7-5-6-8-22(20)28)27-17(3)26(16(2)13-24(27)29-23)19-11-9-18(15-30)10-12-19/h5-8,11,17-18,22H,4,9-10,12-16,19H2,1-3H3;7-11,15-16,20H,5-6,12-14H2,1-4H3;5-9,13-14,18,32H,4,10-12H2,1-3H3;5-8,11,13-15,18H,4,9-10,12H2,1-3H3. The minimum absolute atomic E-state index is 0.0322. The first-order chi connectivity index (χ1) is 64.6. The highest BCUT2D eigenvalue weighted by molar-refractivity contribution is 6.10. The van der Waals surface area contributed by atoms with Gasteiger partial charge in [-0.25, -0.2) is 42.3 Å². The lowest BCUT2D eigenvalue weighted by Crippen LogP contribution is -2.39. The van der Waals surface area contributed by atoms with Crippen molar-refractivity contribution in [1.82, 2.24) is 24.8 Å². The molecule has 1 fully saturated rings. The summed E-state index contributed by atoms with van der Waals surface area (Å²) in [6, 6.07) is 41.6. The molecular weight excluding hydrogens is 1690 g/mol. The van der Waals surface area contributed by atoms with Gasteiger partial charge in [0.25, 0.3) is 0 Å². The Morgan fingerprint density at radius 1 is 0.396 bits per heavy atom. The largest absolute Gasteiger partial charge is 0.466 e. The molecule has 1 N–H and O–H groups in total. The summed E-state index contributed by atoms with van der Waals surface area (Å²) in [5.41, 5.74) is 26.7. The molecular formula is C114H117F4N5O11. The number of ketones is 4. The molecule has 5 heterocycles. The number of pyridine rings is 4. The van der Waals surface area contributed by atoms with Gasteiger partial charge >= 0.3 is 11.9 Å². The number of halogens is 4. The van der Waals surface area contributed by atoms with Gasteiger partial charge in [-0.1, -0.05) is 125 Å². The fourth-order valence-electron chi connectivity index (χ4n) is 20.4. The predicted molar refractivity (Wildman–Crippen MR) is 525 cm³/mol. The van der Waals surface area contributed by atoms with Crippen molar-refractivity contribution in [3.05, 3.63) is 283 Å². The number of carbonyl (C=O) groups is 7. The molecule has 692 valence electrons. The lowest BCUT2D eigenvalue weighted by Gasteiger charge is -2.32. The zero-order valence-electron chi connectivity index (χ0n) is 78.9. The molecule has 0 amide bonds. The summed E-state index contributed by atoms with van der Waals surface area (Å²) >= 11 is 0. The summed E-state index contributed by atoms with van der Waals surface area (Å²) in [6.45, 7) is 30.7. The number of hydrogen-bond acceptors (Lipinski definition) is 16.